The lowest BCUT2D eigenvalue weighted by atomic mass is 9.88. The number of halogens is 1. The molecule has 0 aromatic heterocycles. The Morgan fingerprint density at radius 3 is 2.31 bits per heavy atom. The predicted molar refractivity (Wildman–Crippen MR) is 99.1 cm³/mol. The van der Waals surface area contributed by atoms with Gasteiger partial charge in [0.1, 0.15) is 15.7 Å². The molecule has 0 unspecified atom stereocenters. The van der Waals surface area contributed by atoms with Gasteiger partial charge in [0.05, 0.1) is 11.5 Å². The summed E-state index contributed by atoms with van der Waals surface area (Å²) in [5.74, 6) is -0.699. The number of nitrogens with one attached hydrogen (secondary N) is 1. The average Bonchev–Trinajstić information content (AvgIpc) is 2.63. The Kier molecular flexibility index (Phi) is 5.71. The molecule has 1 fully saturated rings. The van der Waals surface area contributed by atoms with Crippen molar-refractivity contribution in [3.8, 4) is 0 Å². The lowest BCUT2D eigenvalue weighted by molar-refractivity contribution is -0.122. The van der Waals surface area contributed by atoms with Gasteiger partial charge in [-0.2, -0.15) is 0 Å². The summed E-state index contributed by atoms with van der Waals surface area (Å²) in [5.41, 5.74) is 1.36. The van der Waals surface area contributed by atoms with Crippen LogP contribution >= 0.6 is 0 Å². The summed E-state index contributed by atoms with van der Waals surface area (Å²) in [5, 5.41) is 2.92. The van der Waals surface area contributed by atoms with Gasteiger partial charge in [0.25, 0.3) is 0 Å². The zero-order chi connectivity index (χ0) is 18.6. The lowest BCUT2D eigenvalue weighted by Crippen LogP contribution is -2.41. The first kappa shape index (κ1) is 18.6. The van der Waals surface area contributed by atoms with Gasteiger partial charge in [0.15, 0.2) is 0 Å². The molecule has 0 aliphatic carbocycles. The number of hydrogen-bond acceptors (Lipinski definition) is 3. The normalized spacial score (nSPS) is 18.2. The minimum atomic E-state index is -2.97. The van der Waals surface area contributed by atoms with Crippen LogP contribution in [0.3, 0.4) is 0 Å². The van der Waals surface area contributed by atoms with Crippen molar-refractivity contribution in [3.63, 3.8) is 0 Å². The molecule has 2 aromatic rings. The van der Waals surface area contributed by atoms with Crippen LogP contribution in [0.4, 0.5) is 4.39 Å². The van der Waals surface area contributed by atoms with E-state index in [1.165, 1.54) is 6.07 Å². The van der Waals surface area contributed by atoms with Crippen LogP contribution in [-0.2, 0) is 14.6 Å². The third-order valence-corrected chi connectivity index (χ3v) is 6.51. The second-order valence-corrected chi connectivity index (χ2v) is 8.99. The molecule has 1 amide bonds. The Bertz CT molecular complexity index is 854. The molecule has 138 valence electrons. The first-order valence-electron chi connectivity index (χ1n) is 8.74. The molecule has 1 atom stereocenters. The standard InChI is InChI=1S/C20H22FNO3S/c21-19-9-5-4-8-17(19)18(15-6-2-1-3-7-15)14-20(23)22-16-10-12-26(24,25)13-11-16/h1-9,16,18H,10-14H2,(H,22,23)/t18-/m1/s1. The highest BCUT2D eigenvalue weighted by molar-refractivity contribution is 7.91. The Morgan fingerprint density at radius 1 is 1.04 bits per heavy atom. The number of benzene rings is 2. The number of hydrogen-bond donors (Lipinski definition) is 1. The van der Waals surface area contributed by atoms with Crippen LogP contribution < -0.4 is 5.32 Å². The van der Waals surface area contributed by atoms with Gasteiger partial charge in [-0.25, -0.2) is 12.8 Å². The van der Waals surface area contributed by atoms with Gasteiger partial charge in [0.2, 0.25) is 5.91 Å². The fraction of sp³-hybridized carbons (Fsp3) is 0.350. The van der Waals surface area contributed by atoms with E-state index in [2.05, 4.69) is 5.32 Å². The van der Waals surface area contributed by atoms with Crippen LogP contribution in [0.15, 0.2) is 54.6 Å². The molecule has 2 aromatic carbocycles. The molecule has 1 saturated heterocycles. The highest BCUT2D eigenvalue weighted by Crippen LogP contribution is 2.30. The summed E-state index contributed by atoms with van der Waals surface area (Å²) in [6.45, 7) is 0. The quantitative estimate of drug-likeness (QED) is 0.874. The molecule has 3 rings (SSSR count). The molecule has 1 aliphatic heterocycles. The minimum absolute atomic E-state index is 0.105. The van der Waals surface area contributed by atoms with E-state index in [0.29, 0.717) is 18.4 Å². The molecule has 0 bridgehead atoms. The van der Waals surface area contributed by atoms with Gasteiger partial charge < -0.3 is 5.32 Å². The van der Waals surface area contributed by atoms with Crippen LogP contribution in [0.25, 0.3) is 0 Å². The van der Waals surface area contributed by atoms with Gasteiger partial charge in [-0.15, -0.1) is 0 Å². The maximum absolute atomic E-state index is 14.3. The van der Waals surface area contributed by atoms with E-state index >= 15 is 0 Å². The van der Waals surface area contributed by atoms with E-state index in [0.717, 1.165) is 5.56 Å². The minimum Gasteiger partial charge on any atom is -0.353 e. The van der Waals surface area contributed by atoms with E-state index < -0.39 is 9.84 Å². The molecule has 0 radical (unpaired) electrons. The fourth-order valence-corrected chi connectivity index (χ4v) is 4.85. The van der Waals surface area contributed by atoms with Crippen LogP contribution in [0.2, 0.25) is 0 Å². The van der Waals surface area contributed by atoms with Crippen molar-refractivity contribution in [1.82, 2.24) is 5.32 Å². The van der Waals surface area contributed by atoms with Gasteiger partial charge in [-0.3, -0.25) is 4.79 Å². The second kappa shape index (κ2) is 7.99. The molecular weight excluding hydrogens is 353 g/mol. The van der Waals surface area contributed by atoms with Gasteiger partial charge in [-0.1, -0.05) is 48.5 Å². The molecular formula is C20H22FNO3S. The smallest absolute Gasteiger partial charge is 0.221 e. The number of sulfone groups is 1. The molecule has 0 saturated carbocycles. The largest absolute Gasteiger partial charge is 0.353 e. The van der Waals surface area contributed by atoms with Crippen LogP contribution in [0.1, 0.15) is 36.3 Å². The van der Waals surface area contributed by atoms with Gasteiger partial charge in [0, 0.05) is 18.4 Å². The Balaban J connectivity index is 1.74. The molecule has 6 heteroatoms. The summed E-state index contributed by atoms with van der Waals surface area (Å²) in [6.07, 6.45) is 0.988. The zero-order valence-electron chi connectivity index (χ0n) is 14.4. The first-order valence-corrected chi connectivity index (χ1v) is 10.6. The maximum Gasteiger partial charge on any atom is 0.221 e. The molecule has 1 N–H and O–H groups in total. The SMILES string of the molecule is O=C(C[C@H](c1ccccc1)c1ccccc1F)NC1CCS(=O)(=O)CC1. The van der Waals surface area contributed by atoms with Crippen molar-refractivity contribution in [2.45, 2.75) is 31.2 Å². The van der Waals surface area contributed by atoms with E-state index in [1.54, 1.807) is 18.2 Å². The topological polar surface area (TPSA) is 63.2 Å². The highest BCUT2D eigenvalue weighted by Gasteiger charge is 2.26. The summed E-state index contributed by atoms with van der Waals surface area (Å²) in [4.78, 5) is 12.6. The first-order chi connectivity index (χ1) is 12.4. The van der Waals surface area contributed by atoms with Gasteiger partial charge in [-0.05, 0) is 30.0 Å². The summed E-state index contributed by atoms with van der Waals surface area (Å²) in [7, 11) is -2.97. The monoisotopic (exact) mass is 375 g/mol. The average molecular weight is 375 g/mol. The molecule has 1 heterocycles. The second-order valence-electron chi connectivity index (χ2n) is 6.68. The third kappa shape index (κ3) is 4.69. The summed E-state index contributed by atoms with van der Waals surface area (Å²) >= 11 is 0. The van der Waals surface area contributed by atoms with E-state index in [-0.39, 0.29) is 41.6 Å². The predicted octanol–water partition coefficient (Wildman–Crippen LogP) is 3.04. The number of rotatable bonds is 5. The summed E-state index contributed by atoms with van der Waals surface area (Å²) < 4.78 is 37.3. The van der Waals surface area contributed by atoms with Crippen molar-refractivity contribution in [2.24, 2.45) is 0 Å². The van der Waals surface area contributed by atoms with Crippen LogP contribution in [0.5, 0.6) is 0 Å². The molecule has 0 spiro atoms. The summed E-state index contributed by atoms with van der Waals surface area (Å²) in [6, 6.07) is 15.7. The van der Waals surface area contributed by atoms with Crippen molar-refractivity contribution < 1.29 is 17.6 Å². The van der Waals surface area contributed by atoms with Crippen molar-refractivity contribution >= 4 is 15.7 Å². The van der Waals surface area contributed by atoms with Crippen LogP contribution in [0, 0.1) is 5.82 Å². The highest BCUT2D eigenvalue weighted by atomic mass is 32.2. The van der Waals surface area contributed by atoms with Crippen molar-refractivity contribution in [1.29, 1.82) is 0 Å². The van der Waals surface area contributed by atoms with Crippen LogP contribution in [-0.4, -0.2) is 31.9 Å². The Morgan fingerprint density at radius 2 is 1.65 bits per heavy atom. The lowest BCUT2D eigenvalue weighted by Gasteiger charge is -2.25. The molecule has 1 aliphatic rings. The molecule has 4 nitrogen and oxygen atoms in total. The number of carbonyl (C=O) groups is 1. The van der Waals surface area contributed by atoms with E-state index in [1.807, 2.05) is 30.3 Å². The van der Waals surface area contributed by atoms with E-state index in [4.69, 9.17) is 0 Å². The number of carbonyl (C=O) groups excluding carboxylic acids is 1. The Hall–Kier alpha value is -2.21. The van der Waals surface area contributed by atoms with Crippen molar-refractivity contribution in [3.05, 3.63) is 71.5 Å². The zero-order valence-corrected chi connectivity index (χ0v) is 15.2. The maximum atomic E-state index is 14.3. The van der Waals surface area contributed by atoms with E-state index in [9.17, 15) is 17.6 Å². The Labute approximate surface area is 153 Å². The van der Waals surface area contributed by atoms with Crippen molar-refractivity contribution in [2.75, 3.05) is 11.5 Å². The van der Waals surface area contributed by atoms with Gasteiger partial charge >= 0.3 is 0 Å². The third-order valence-electron chi connectivity index (χ3n) is 4.79. The fourth-order valence-electron chi connectivity index (χ4n) is 3.36. The number of amides is 1. The molecule has 26 heavy (non-hydrogen) atoms.